The minimum atomic E-state index is -0.699. The average Bonchev–Trinajstić information content (AvgIpc) is 2.75. The van der Waals surface area contributed by atoms with Gasteiger partial charge in [0.1, 0.15) is 12.4 Å². The summed E-state index contributed by atoms with van der Waals surface area (Å²) < 4.78 is 32.1. The molecule has 1 heterocycles. The van der Waals surface area contributed by atoms with Crippen LogP contribution in [0.1, 0.15) is 33.3 Å². The smallest absolute Gasteiger partial charge is 0.498 e. The van der Waals surface area contributed by atoms with E-state index in [0.717, 1.165) is 5.56 Å². The van der Waals surface area contributed by atoms with Gasteiger partial charge < -0.3 is 19.2 Å². The van der Waals surface area contributed by atoms with Crippen LogP contribution in [0.4, 0.5) is 4.39 Å². The van der Waals surface area contributed by atoms with Crippen molar-refractivity contribution >= 4 is 12.6 Å². The highest BCUT2D eigenvalue weighted by Gasteiger charge is 2.52. The zero-order valence-electron chi connectivity index (χ0n) is 14.9. The monoisotopic (exact) mass is 344 g/mol. The lowest BCUT2D eigenvalue weighted by molar-refractivity contribution is 0.00578. The Morgan fingerprint density at radius 2 is 1.60 bits per heavy atom. The summed E-state index contributed by atoms with van der Waals surface area (Å²) >= 11 is 0. The van der Waals surface area contributed by atoms with Crippen LogP contribution in [0.2, 0.25) is 0 Å². The first-order valence-electron chi connectivity index (χ1n) is 8.24. The van der Waals surface area contributed by atoms with E-state index in [2.05, 4.69) is 0 Å². The molecule has 0 aromatic heterocycles. The maximum Gasteiger partial charge on any atom is 0.498 e. The van der Waals surface area contributed by atoms with Crippen molar-refractivity contribution in [3.8, 4) is 11.5 Å². The van der Waals surface area contributed by atoms with E-state index >= 15 is 0 Å². The number of hydrogen-bond donors (Lipinski definition) is 1. The Labute approximate surface area is 147 Å². The van der Waals surface area contributed by atoms with E-state index in [0.29, 0.717) is 5.46 Å². The minimum Gasteiger partial charge on any atom is -0.508 e. The molecule has 0 unspecified atom stereocenters. The molecule has 1 saturated heterocycles. The Kier molecular flexibility index (Phi) is 4.52. The molecule has 0 radical (unpaired) electrons. The standard InChI is InChI=1S/C19H22BFO4/c1-18(2)19(3,4)25-20(24-18)15-6-5-7-16(21)17(15)23-12-13-8-10-14(22)11-9-13/h5-11,22H,12H2,1-4H3. The van der Waals surface area contributed by atoms with Gasteiger partial charge in [0.15, 0.2) is 11.6 Å². The Morgan fingerprint density at radius 1 is 1.00 bits per heavy atom. The number of benzene rings is 2. The highest BCUT2D eigenvalue weighted by molar-refractivity contribution is 6.63. The molecule has 1 fully saturated rings. The Bertz CT molecular complexity index is 743. The number of ether oxygens (including phenoxy) is 1. The number of phenolic OH excluding ortho intramolecular Hbond substituents is 1. The minimum absolute atomic E-state index is 0.120. The molecule has 1 aliphatic heterocycles. The molecule has 3 rings (SSSR count). The van der Waals surface area contributed by atoms with Gasteiger partial charge in [-0.15, -0.1) is 0 Å². The summed E-state index contributed by atoms with van der Waals surface area (Å²) in [5.41, 5.74) is 0.314. The van der Waals surface area contributed by atoms with Gasteiger partial charge in [-0.1, -0.05) is 24.3 Å². The van der Waals surface area contributed by atoms with Crippen molar-refractivity contribution in [2.24, 2.45) is 0 Å². The van der Waals surface area contributed by atoms with Gasteiger partial charge in [-0.25, -0.2) is 4.39 Å². The predicted octanol–water partition coefficient (Wildman–Crippen LogP) is 3.41. The van der Waals surface area contributed by atoms with E-state index in [-0.39, 0.29) is 18.1 Å². The van der Waals surface area contributed by atoms with E-state index in [1.807, 2.05) is 27.7 Å². The van der Waals surface area contributed by atoms with Gasteiger partial charge >= 0.3 is 7.12 Å². The summed E-state index contributed by atoms with van der Waals surface area (Å²) in [6, 6.07) is 11.3. The summed E-state index contributed by atoms with van der Waals surface area (Å²) in [4.78, 5) is 0. The van der Waals surface area contributed by atoms with Gasteiger partial charge in [-0.2, -0.15) is 0 Å². The quantitative estimate of drug-likeness (QED) is 0.864. The maximum atomic E-state index is 14.4. The van der Waals surface area contributed by atoms with Crippen molar-refractivity contribution in [3.05, 3.63) is 53.8 Å². The fourth-order valence-corrected chi connectivity index (χ4v) is 2.58. The van der Waals surface area contributed by atoms with E-state index in [1.165, 1.54) is 6.07 Å². The van der Waals surface area contributed by atoms with E-state index < -0.39 is 24.1 Å². The number of phenols is 1. The lowest BCUT2D eigenvalue weighted by Crippen LogP contribution is -2.41. The molecule has 0 atom stereocenters. The molecule has 0 spiro atoms. The third-order valence-corrected chi connectivity index (χ3v) is 4.82. The molecule has 4 nitrogen and oxygen atoms in total. The van der Waals surface area contributed by atoms with Gasteiger partial charge in [-0.05, 0) is 51.5 Å². The van der Waals surface area contributed by atoms with Crippen LogP contribution in [0.15, 0.2) is 42.5 Å². The fourth-order valence-electron chi connectivity index (χ4n) is 2.58. The zero-order chi connectivity index (χ0) is 18.2. The van der Waals surface area contributed by atoms with Crippen LogP contribution in [-0.4, -0.2) is 23.4 Å². The molecule has 1 aliphatic rings. The molecule has 132 valence electrons. The van der Waals surface area contributed by atoms with E-state index in [1.54, 1.807) is 36.4 Å². The lowest BCUT2D eigenvalue weighted by Gasteiger charge is -2.32. The summed E-state index contributed by atoms with van der Waals surface area (Å²) in [5.74, 6) is -0.174. The Hall–Kier alpha value is -2.05. The van der Waals surface area contributed by atoms with Crippen molar-refractivity contribution in [1.29, 1.82) is 0 Å². The predicted molar refractivity (Wildman–Crippen MR) is 94.6 cm³/mol. The maximum absolute atomic E-state index is 14.4. The molecule has 25 heavy (non-hydrogen) atoms. The molecule has 0 bridgehead atoms. The van der Waals surface area contributed by atoms with Crippen LogP contribution in [0.25, 0.3) is 0 Å². The number of aromatic hydroxyl groups is 1. The van der Waals surface area contributed by atoms with Crippen LogP contribution >= 0.6 is 0 Å². The second-order valence-corrected chi connectivity index (χ2v) is 7.20. The first-order valence-corrected chi connectivity index (χ1v) is 8.24. The zero-order valence-corrected chi connectivity index (χ0v) is 14.9. The third-order valence-electron chi connectivity index (χ3n) is 4.82. The highest BCUT2D eigenvalue weighted by atomic mass is 19.1. The molecular weight excluding hydrogens is 322 g/mol. The third kappa shape index (κ3) is 3.50. The van der Waals surface area contributed by atoms with Crippen molar-refractivity contribution in [3.63, 3.8) is 0 Å². The van der Waals surface area contributed by atoms with Crippen LogP contribution in [0.3, 0.4) is 0 Å². The highest BCUT2D eigenvalue weighted by Crippen LogP contribution is 2.37. The van der Waals surface area contributed by atoms with Crippen LogP contribution < -0.4 is 10.2 Å². The molecular formula is C19H22BFO4. The van der Waals surface area contributed by atoms with Crippen molar-refractivity contribution in [2.45, 2.75) is 45.5 Å². The van der Waals surface area contributed by atoms with E-state index in [9.17, 15) is 9.50 Å². The summed E-state index contributed by atoms with van der Waals surface area (Å²) in [6.45, 7) is 7.97. The second kappa shape index (κ2) is 6.35. The van der Waals surface area contributed by atoms with E-state index in [4.69, 9.17) is 14.0 Å². The van der Waals surface area contributed by atoms with Gasteiger partial charge in [0.2, 0.25) is 0 Å². The summed E-state index contributed by atoms with van der Waals surface area (Å²) in [6.07, 6.45) is 0. The number of hydrogen-bond acceptors (Lipinski definition) is 4. The van der Waals surface area contributed by atoms with Crippen molar-refractivity contribution in [2.75, 3.05) is 0 Å². The first-order chi connectivity index (χ1) is 11.7. The van der Waals surface area contributed by atoms with Crippen molar-refractivity contribution in [1.82, 2.24) is 0 Å². The SMILES string of the molecule is CC1(C)OB(c2cccc(F)c2OCc2ccc(O)cc2)OC1(C)C. The normalized spacial score (nSPS) is 18.4. The van der Waals surface area contributed by atoms with Gasteiger partial charge in [0.25, 0.3) is 0 Å². The molecule has 0 aliphatic carbocycles. The Balaban J connectivity index is 1.84. The average molecular weight is 344 g/mol. The van der Waals surface area contributed by atoms with Crippen molar-refractivity contribution < 1.29 is 23.5 Å². The van der Waals surface area contributed by atoms with Crippen LogP contribution in [-0.2, 0) is 15.9 Å². The second-order valence-electron chi connectivity index (χ2n) is 7.20. The Morgan fingerprint density at radius 3 is 2.20 bits per heavy atom. The molecule has 0 amide bonds. The lowest BCUT2D eigenvalue weighted by atomic mass is 9.78. The number of halogens is 1. The van der Waals surface area contributed by atoms with Crippen LogP contribution in [0.5, 0.6) is 11.5 Å². The molecule has 1 N–H and O–H groups in total. The largest absolute Gasteiger partial charge is 0.508 e. The molecule has 0 saturated carbocycles. The molecule has 2 aromatic rings. The summed E-state index contributed by atoms with van der Waals surface area (Å²) in [5, 5.41) is 9.34. The molecule has 2 aromatic carbocycles. The number of para-hydroxylation sites is 1. The van der Waals surface area contributed by atoms with Gasteiger partial charge in [-0.3, -0.25) is 0 Å². The molecule has 6 heteroatoms. The fraction of sp³-hybridized carbons (Fsp3) is 0.368. The van der Waals surface area contributed by atoms with Gasteiger partial charge in [0.05, 0.1) is 11.2 Å². The number of rotatable bonds is 4. The van der Waals surface area contributed by atoms with Crippen LogP contribution in [0, 0.1) is 5.82 Å². The topological polar surface area (TPSA) is 47.9 Å². The van der Waals surface area contributed by atoms with Gasteiger partial charge in [0, 0.05) is 5.46 Å². The summed E-state index contributed by atoms with van der Waals surface area (Å²) in [7, 11) is -0.699. The first kappa shape index (κ1) is 17.8.